The molecule has 1 fully saturated rings. The van der Waals surface area contributed by atoms with E-state index in [-0.39, 0.29) is 16.9 Å². The highest BCUT2D eigenvalue weighted by Gasteiger charge is 2.39. The van der Waals surface area contributed by atoms with Crippen molar-refractivity contribution in [1.82, 2.24) is 4.72 Å². The van der Waals surface area contributed by atoms with Crippen molar-refractivity contribution in [1.29, 1.82) is 0 Å². The van der Waals surface area contributed by atoms with E-state index in [2.05, 4.69) is 20.7 Å². The van der Waals surface area contributed by atoms with E-state index >= 15 is 0 Å². The summed E-state index contributed by atoms with van der Waals surface area (Å²) in [5.74, 6) is 1.50. The summed E-state index contributed by atoms with van der Waals surface area (Å²) in [6.07, 6.45) is 1.98. The number of nitrogens with one attached hydrogen (secondary N) is 1. The smallest absolute Gasteiger partial charge is 0.137 e. The lowest BCUT2D eigenvalue weighted by Gasteiger charge is -2.38. The fourth-order valence-electron chi connectivity index (χ4n) is 1.96. The molecule has 1 aliphatic rings. The molecule has 21 heavy (non-hydrogen) atoms. The molecule has 0 spiro atoms. The van der Waals surface area contributed by atoms with Gasteiger partial charge in [-0.25, -0.2) is 0 Å². The van der Waals surface area contributed by atoms with Crippen LogP contribution in [-0.4, -0.2) is 28.6 Å². The van der Waals surface area contributed by atoms with Crippen LogP contribution in [0.25, 0.3) is 0 Å². The Morgan fingerprint density at radius 2 is 1.95 bits per heavy atom. The van der Waals surface area contributed by atoms with Crippen molar-refractivity contribution in [2.24, 2.45) is 0 Å². The Bertz CT molecular complexity index is 492. The van der Waals surface area contributed by atoms with Gasteiger partial charge in [-0.2, -0.15) is 0 Å². The van der Waals surface area contributed by atoms with Gasteiger partial charge in [-0.15, -0.1) is 4.72 Å². The molecule has 6 heteroatoms. The van der Waals surface area contributed by atoms with Crippen LogP contribution in [0.2, 0.25) is 0 Å². The largest absolute Gasteiger partial charge is 0.598 e. The van der Waals surface area contributed by atoms with Crippen molar-refractivity contribution >= 4 is 27.3 Å². The molecule has 0 aromatic heterocycles. The topological polar surface area (TPSA) is 53.5 Å². The minimum absolute atomic E-state index is 0.0414. The summed E-state index contributed by atoms with van der Waals surface area (Å²) in [6, 6.07) is 5.81. The van der Waals surface area contributed by atoms with Crippen LogP contribution in [0, 0.1) is 0 Å². The molecule has 1 saturated carbocycles. The Kier molecular flexibility index (Phi) is 5.46. The molecular formula is C15H22BrNO3S. The van der Waals surface area contributed by atoms with Crippen LogP contribution in [-0.2, 0) is 11.4 Å². The average molecular weight is 376 g/mol. The molecule has 0 saturated heterocycles. The molecular weight excluding hydrogens is 354 g/mol. The summed E-state index contributed by atoms with van der Waals surface area (Å²) in [4.78, 5) is 0. The zero-order valence-corrected chi connectivity index (χ0v) is 15.2. The monoisotopic (exact) mass is 375 g/mol. The predicted octanol–water partition coefficient (Wildman–Crippen LogP) is 3.42. The van der Waals surface area contributed by atoms with Crippen molar-refractivity contribution in [2.75, 3.05) is 7.11 Å². The van der Waals surface area contributed by atoms with Crippen molar-refractivity contribution in [3.8, 4) is 11.5 Å². The summed E-state index contributed by atoms with van der Waals surface area (Å²) in [6.45, 7) is 5.88. The first-order valence-electron chi connectivity index (χ1n) is 7.00. The van der Waals surface area contributed by atoms with E-state index in [0.29, 0.717) is 0 Å². The number of benzene rings is 1. The highest BCUT2D eigenvalue weighted by Crippen LogP contribution is 2.37. The lowest BCUT2D eigenvalue weighted by molar-refractivity contribution is 0.0833. The van der Waals surface area contributed by atoms with Crippen molar-refractivity contribution in [2.45, 2.75) is 50.5 Å². The minimum atomic E-state index is -1.07. The van der Waals surface area contributed by atoms with E-state index in [1.54, 1.807) is 7.11 Å². The fourth-order valence-corrected chi connectivity index (χ4v) is 3.38. The van der Waals surface area contributed by atoms with Gasteiger partial charge >= 0.3 is 0 Å². The van der Waals surface area contributed by atoms with Gasteiger partial charge in [0, 0.05) is 11.4 Å². The SMILES string of the molecule is COc1cccc(O[C@H]2CC[C@H]2N[S+]([O-])C(C)(C)C)c1Br. The number of ether oxygens (including phenoxy) is 2. The summed E-state index contributed by atoms with van der Waals surface area (Å²) < 4.78 is 27.2. The van der Waals surface area contributed by atoms with E-state index in [0.717, 1.165) is 28.8 Å². The van der Waals surface area contributed by atoms with E-state index in [1.807, 2.05) is 39.0 Å². The Hall–Kier alpha value is -0.430. The summed E-state index contributed by atoms with van der Waals surface area (Å²) in [5, 5.41) is 0. The zero-order chi connectivity index (χ0) is 15.6. The van der Waals surface area contributed by atoms with Gasteiger partial charge < -0.3 is 14.0 Å². The highest BCUT2D eigenvalue weighted by atomic mass is 79.9. The van der Waals surface area contributed by atoms with Crippen LogP contribution in [0.3, 0.4) is 0 Å². The van der Waals surface area contributed by atoms with Gasteiger partial charge in [0.05, 0.1) is 13.2 Å². The Morgan fingerprint density at radius 3 is 2.48 bits per heavy atom. The van der Waals surface area contributed by atoms with E-state index in [1.165, 1.54) is 0 Å². The van der Waals surface area contributed by atoms with Crippen LogP contribution >= 0.6 is 15.9 Å². The summed E-state index contributed by atoms with van der Waals surface area (Å²) in [5.41, 5.74) is 0. The van der Waals surface area contributed by atoms with Crippen LogP contribution in [0.4, 0.5) is 0 Å². The van der Waals surface area contributed by atoms with Gasteiger partial charge in [0.2, 0.25) is 0 Å². The minimum Gasteiger partial charge on any atom is -0.598 e. The number of hydrogen-bond acceptors (Lipinski definition) is 4. The molecule has 118 valence electrons. The first kappa shape index (κ1) is 16.9. The molecule has 1 aromatic carbocycles. The maximum Gasteiger partial charge on any atom is 0.137 e. The lowest BCUT2D eigenvalue weighted by atomic mass is 9.90. The van der Waals surface area contributed by atoms with Crippen LogP contribution in [0.15, 0.2) is 22.7 Å². The molecule has 4 nitrogen and oxygen atoms in total. The fraction of sp³-hybridized carbons (Fsp3) is 0.600. The van der Waals surface area contributed by atoms with Crippen molar-refractivity contribution in [3.05, 3.63) is 22.7 Å². The van der Waals surface area contributed by atoms with E-state index in [9.17, 15) is 4.55 Å². The number of rotatable bonds is 5. The Balaban J connectivity index is 1.98. The molecule has 0 bridgehead atoms. The first-order chi connectivity index (χ1) is 9.82. The van der Waals surface area contributed by atoms with Gasteiger partial charge in [-0.1, -0.05) is 6.07 Å². The molecule has 1 aromatic rings. The highest BCUT2D eigenvalue weighted by molar-refractivity contribution is 9.10. The molecule has 2 rings (SSSR count). The van der Waals surface area contributed by atoms with Gasteiger partial charge in [0.25, 0.3) is 0 Å². The quantitative estimate of drug-likeness (QED) is 0.801. The third-order valence-corrected chi connectivity index (χ3v) is 5.86. The second-order valence-electron chi connectivity index (χ2n) is 6.11. The van der Waals surface area contributed by atoms with Gasteiger partial charge in [0.15, 0.2) is 0 Å². The number of hydrogen-bond donors (Lipinski definition) is 1. The molecule has 1 unspecified atom stereocenters. The molecule has 0 aliphatic heterocycles. The van der Waals surface area contributed by atoms with Crippen LogP contribution < -0.4 is 14.2 Å². The van der Waals surface area contributed by atoms with E-state index < -0.39 is 11.4 Å². The maximum atomic E-state index is 12.1. The summed E-state index contributed by atoms with van der Waals surface area (Å²) in [7, 11) is 1.63. The Morgan fingerprint density at radius 1 is 1.29 bits per heavy atom. The van der Waals surface area contributed by atoms with Gasteiger partial charge in [0.1, 0.15) is 26.8 Å². The third kappa shape index (κ3) is 4.06. The normalized spacial score (nSPS) is 23.3. The van der Waals surface area contributed by atoms with Gasteiger partial charge in [-0.05, 0) is 61.7 Å². The number of halogens is 1. The molecule has 1 aliphatic carbocycles. The predicted molar refractivity (Wildman–Crippen MR) is 89.2 cm³/mol. The molecule has 0 radical (unpaired) electrons. The zero-order valence-electron chi connectivity index (χ0n) is 12.8. The molecule has 3 atom stereocenters. The second kappa shape index (κ2) is 6.77. The van der Waals surface area contributed by atoms with Crippen molar-refractivity contribution < 1.29 is 14.0 Å². The van der Waals surface area contributed by atoms with Gasteiger partial charge in [-0.3, -0.25) is 0 Å². The van der Waals surface area contributed by atoms with Crippen LogP contribution in [0.1, 0.15) is 33.6 Å². The van der Waals surface area contributed by atoms with E-state index in [4.69, 9.17) is 9.47 Å². The average Bonchev–Trinajstić information content (AvgIpc) is 2.41. The van der Waals surface area contributed by atoms with Crippen LogP contribution in [0.5, 0.6) is 11.5 Å². The standard InChI is InChI=1S/C15H22BrNO3S/c1-15(2,3)21(18)17-10-8-9-11(10)20-13-7-5-6-12(19-4)14(13)16/h5-7,10-11,17H,8-9H2,1-4H3/t10-,11+,21?/m1/s1. The first-order valence-corrected chi connectivity index (χ1v) is 8.94. The molecule has 0 heterocycles. The number of methoxy groups -OCH3 is 1. The maximum absolute atomic E-state index is 12.1. The second-order valence-corrected chi connectivity index (χ2v) is 8.90. The van der Waals surface area contributed by atoms with Crippen molar-refractivity contribution in [3.63, 3.8) is 0 Å². The Labute approximate surface area is 138 Å². The lowest BCUT2D eigenvalue weighted by Crippen LogP contribution is -2.56. The molecule has 0 amide bonds. The summed E-state index contributed by atoms with van der Waals surface area (Å²) >= 11 is 2.42. The third-order valence-electron chi connectivity index (χ3n) is 3.45. The molecule has 1 N–H and O–H groups in total.